The summed E-state index contributed by atoms with van der Waals surface area (Å²) in [6, 6.07) is 47.4. The van der Waals surface area contributed by atoms with Crippen molar-refractivity contribution in [3.05, 3.63) is 215 Å². The molecule has 0 aliphatic rings. The number of hydrogen-bond acceptors (Lipinski definition) is 20. The first-order valence-electron chi connectivity index (χ1n) is 21.2. The maximum atomic E-state index is 11.8. The molecule has 0 heterocycles. The van der Waals surface area contributed by atoms with Crippen LogP contribution in [-0.4, -0.2) is 106 Å². The van der Waals surface area contributed by atoms with E-state index in [9.17, 15) is 40.2 Å². The zero-order valence-corrected chi connectivity index (χ0v) is 46.1. The van der Waals surface area contributed by atoms with E-state index in [0.717, 1.165) is 40.6 Å². The van der Waals surface area contributed by atoms with Crippen molar-refractivity contribution in [2.24, 2.45) is 30.7 Å². The molecule has 0 aliphatic heterocycles. The second-order valence-electron chi connectivity index (χ2n) is 13.0. The summed E-state index contributed by atoms with van der Waals surface area (Å²) in [5.41, 5.74) is 2.41. The molecular formula is C54H56N6O14Tb2. The van der Waals surface area contributed by atoms with Gasteiger partial charge in [-0.25, -0.2) is 0 Å². The zero-order chi connectivity index (χ0) is 56.1. The number of rotatable bonds is 12. The van der Waals surface area contributed by atoms with Gasteiger partial charge in [0.05, 0.1) is 23.9 Å². The predicted molar refractivity (Wildman–Crippen MR) is 275 cm³/mol. The third-order valence-electron chi connectivity index (χ3n) is 8.21. The summed E-state index contributed by atoms with van der Waals surface area (Å²) in [5.74, 6) is -3.00. The smallest absolute Gasteiger partial charge is 0.872 e. The topological polar surface area (TPSA) is 368 Å². The Morgan fingerprint density at radius 2 is 0.632 bits per heavy atom. The number of nitrogens with zero attached hydrogens (tertiary/aromatic N) is 6. The molecule has 6 aromatic rings. The quantitative estimate of drug-likeness (QED) is 0.0195. The van der Waals surface area contributed by atoms with E-state index in [-0.39, 0.29) is 123 Å². The van der Waals surface area contributed by atoms with E-state index in [0.29, 0.717) is 33.4 Å². The van der Waals surface area contributed by atoms with Crippen LogP contribution in [0.2, 0.25) is 0 Å². The molecule has 0 saturated carbocycles. The second kappa shape index (κ2) is 48.9. The Labute approximate surface area is 502 Å². The van der Waals surface area contributed by atoms with E-state index in [2.05, 4.69) is 30.7 Å². The van der Waals surface area contributed by atoms with Crippen LogP contribution >= 0.6 is 0 Å². The van der Waals surface area contributed by atoms with Gasteiger partial charge in [-0.2, -0.15) is 20.4 Å². The second-order valence-corrected chi connectivity index (χ2v) is 13.0. The van der Waals surface area contributed by atoms with Crippen molar-refractivity contribution in [2.45, 2.75) is 13.8 Å². The predicted octanol–water partition coefficient (Wildman–Crippen LogP) is 2.38. The van der Waals surface area contributed by atoms with Gasteiger partial charge in [-0.15, -0.1) is 0 Å². The number of ketones is 2. The minimum Gasteiger partial charge on any atom is -0.872 e. The van der Waals surface area contributed by atoms with Gasteiger partial charge in [-0.3, -0.25) is 9.59 Å². The molecule has 0 radical (unpaired) electrons. The van der Waals surface area contributed by atoms with Crippen molar-refractivity contribution in [2.75, 3.05) is 28.4 Å². The van der Waals surface area contributed by atoms with E-state index in [4.69, 9.17) is 30.8 Å². The number of benzene rings is 6. The van der Waals surface area contributed by atoms with Crippen molar-refractivity contribution in [3.8, 4) is 11.5 Å². The van der Waals surface area contributed by atoms with Gasteiger partial charge in [0.25, 0.3) is 0 Å². The maximum Gasteiger partial charge on any atom is 3.00 e. The third kappa shape index (κ3) is 32.3. The molecule has 0 atom stereocenters. The average Bonchev–Trinajstić information content (AvgIpc) is 3.47. The maximum absolute atomic E-state index is 11.8. The van der Waals surface area contributed by atoms with E-state index in [1.54, 1.807) is 133 Å². The van der Waals surface area contributed by atoms with Crippen LogP contribution < -0.4 is 30.6 Å². The van der Waals surface area contributed by atoms with Crippen LogP contribution in [0.25, 0.3) is 11.5 Å². The summed E-state index contributed by atoms with van der Waals surface area (Å²) in [4.78, 5) is 23.5. The van der Waals surface area contributed by atoms with Crippen LogP contribution in [0.4, 0.5) is 0 Å². The summed E-state index contributed by atoms with van der Waals surface area (Å²) >= 11 is 0. The Morgan fingerprint density at radius 1 is 0.395 bits per heavy atom. The van der Waals surface area contributed by atoms with Crippen LogP contribution in [0.1, 0.15) is 56.8 Å². The molecule has 0 saturated heterocycles. The molecule has 6 N–H and O–H groups in total. The fraction of sp³-hybridized carbons (Fsp3) is 0.111. The molecule has 6 rings (SSSR count). The van der Waals surface area contributed by atoms with Crippen LogP contribution in [0, 0.1) is 77.2 Å². The summed E-state index contributed by atoms with van der Waals surface area (Å²) in [6.45, 7) is 2.59. The van der Waals surface area contributed by atoms with Crippen LogP contribution in [0.5, 0.6) is 11.5 Å². The summed E-state index contributed by atoms with van der Waals surface area (Å²) in [6.07, 6.45) is 4.60. The Morgan fingerprint density at radius 3 is 0.882 bits per heavy atom. The third-order valence-corrected chi connectivity index (χ3v) is 8.21. The number of carbonyl (C=O) groups is 2. The first-order valence-corrected chi connectivity index (χ1v) is 21.2. The Bertz CT molecular complexity index is 2560. The summed E-state index contributed by atoms with van der Waals surface area (Å²) < 4.78 is 0. The Balaban J connectivity index is -0.000000431. The van der Waals surface area contributed by atoms with Crippen LogP contribution in [0.3, 0.4) is 0 Å². The fourth-order valence-electron chi connectivity index (χ4n) is 4.67. The minimum absolute atomic E-state index is 0. The van der Waals surface area contributed by atoms with Gasteiger partial charge in [-0.05, 0) is 48.3 Å². The first-order chi connectivity index (χ1) is 35.8. The Hall–Kier alpha value is -7.03. The number of allylic oxidation sites excluding steroid dienone is 2. The molecule has 404 valence electrons. The number of para-hydroxylation sites is 2. The summed E-state index contributed by atoms with van der Waals surface area (Å²) in [7, 11) is 4.00. The summed E-state index contributed by atoms with van der Waals surface area (Å²) in [5, 5.41) is 131. The van der Waals surface area contributed by atoms with E-state index in [1.165, 1.54) is 38.4 Å². The Kier molecular flexibility index (Phi) is 48.6. The van der Waals surface area contributed by atoms with E-state index >= 15 is 0 Å². The van der Waals surface area contributed by atoms with E-state index in [1.807, 2.05) is 24.3 Å². The molecule has 22 heteroatoms. The molecule has 0 spiro atoms. The van der Waals surface area contributed by atoms with Crippen LogP contribution in [-0.2, 0) is 0 Å². The number of oxime groups is 2. The molecule has 0 bridgehead atoms. The average molecular weight is 1330 g/mol. The SMILES string of the molecule is CC(=N\O)/C([O-])=N/N=C/c1ccccc1[O-].CC(=N\O)/C([O-])=N/N=C/c1ccccc1[O-].CO.CO.CO.CO.O=C(/C=C(\[O-])c1ccccc1)c1ccccc1.O=C(/C=C(\[O-])c1ccccc1)c1ccccc1.[Tb+3].[Tb+3]. The first kappa shape index (κ1) is 75.5. The molecule has 76 heavy (non-hydrogen) atoms. The molecule has 20 nitrogen and oxygen atoms in total. The molecular weight excluding hydrogens is 1270 g/mol. The van der Waals surface area contributed by atoms with Gasteiger partial charge in [0.2, 0.25) is 0 Å². The number of hydrogen-bond donors (Lipinski definition) is 6. The molecule has 6 aromatic carbocycles. The van der Waals surface area contributed by atoms with Crippen molar-refractivity contribution in [3.63, 3.8) is 0 Å². The van der Waals surface area contributed by atoms with Gasteiger partial charge >= 0.3 is 77.2 Å². The standard InChI is InChI=1S/2C15H12O2.2C10H11N3O3.4CH4O.2Tb/c2*16-14(12-7-3-1-4-8-12)11-15(17)13-9-5-2-6-10-13;2*1-7(13-16)10(15)12-11-6-8-4-2-3-5-9(8)14;4*1-2;;/h2*1-11,16H;2*2-6,14,16H,1H3,(H,12,15);4*2H,1H3;;/q;;;;;;;;2*+3/p-6/b2*14-11-;2*11-6+,13-7+;;;;;;. The van der Waals surface area contributed by atoms with Gasteiger partial charge in [0.15, 0.2) is 11.6 Å². The van der Waals surface area contributed by atoms with Gasteiger partial charge < -0.3 is 61.5 Å². The normalized spacial score (nSPS) is 10.9. The molecule has 0 unspecified atom stereocenters. The number of aliphatic hydroxyl groups excluding tert-OH is 4. The van der Waals surface area contributed by atoms with Gasteiger partial charge in [0, 0.05) is 51.4 Å². The number of aliphatic hydroxyl groups is 4. The van der Waals surface area contributed by atoms with Crippen LogP contribution in [0.15, 0.2) is 213 Å². The zero-order valence-electron chi connectivity index (χ0n) is 41.8. The molecule has 0 aliphatic carbocycles. The molecule has 0 fully saturated rings. The monoisotopic (exact) mass is 1330 g/mol. The van der Waals surface area contributed by atoms with Crippen molar-refractivity contribution in [1.29, 1.82) is 0 Å². The molecule has 0 aromatic heterocycles. The van der Waals surface area contributed by atoms with Crippen molar-refractivity contribution in [1.82, 2.24) is 0 Å². The van der Waals surface area contributed by atoms with Crippen molar-refractivity contribution < 1.29 is 148 Å². The van der Waals surface area contributed by atoms with Crippen molar-refractivity contribution >= 4 is 58.7 Å². The van der Waals surface area contributed by atoms with Gasteiger partial charge in [-0.1, -0.05) is 203 Å². The van der Waals surface area contributed by atoms with E-state index < -0.39 is 11.8 Å². The number of carbonyl (C=O) groups excluding carboxylic acids is 2. The van der Waals surface area contributed by atoms with Gasteiger partial charge in [0.1, 0.15) is 0 Å². The largest absolute Gasteiger partial charge is 3.00 e. The minimum atomic E-state index is -0.762. The molecule has 0 amide bonds. The fourth-order valence-corrected chi connectivity index (χ4v) is 4.67.